The summed E-state index contributed by atoms with van der Waals surface area (Å²) in [5.74, 6) is 0. The van der Waals surface area contributed by atoms with Crippen LogP contribution in [-0.4, -0.2) is 18.7 Å². The van der Waals surface area contributed by atoms with Gasteiger partial charge in [0, 0.05) is 19.2 Å². The van der Waals surface area contributed by atoms with Crippen LogP contribution in [0.4, 0.5) is 5.69 Å². The number of anilines is 1. The van der Waals surface area contributed by atoms with Gasteiger partial charge in [-0.15, -0.1) is 11.3 Å². The quantitative estimate of drug-likeness (QED) is 0.785. The largest absolute Gasteiger partial charge is 0.399 e. The first-order valence-corrected chi connectivity index (χ1v) is 5.25. The molecule has 0 aliphatic rings. The van der Waals surface area contributed by atoms with Crippen LogP contribution in [0, 0.1) is 0 Å². The standard InChI is InChI=1S/C10H12N2OS/c1-13-5-4-10-12-8-6-7(11)2-3-9(8)14-10/h2-3,6H,4-5,11H2,1H3. The number of benzene rings is 1. The molecule has 2 N–H and O–H groups in total. The van der Waals surface area contributed by atoms with Crippen molar-refractivity contribution in [2.24, 2.45) is 0 Å². The van der Waals surface area contributed by atoms with Gasteiger partial charge in [0.15, 0.2) is 0 Å². The number of aromatic nitrogens is 1. The second-order valence-corrected chi connectivity index (χ2v) is 4.19. The molecule has 0 spiro atoms. The highest BCUT2D eigenvalue weighted by Crippen LogP contribution is 2.24. The SMILES string of the molecule is COCCc1nc2cc(N)ccc2s1. The van der Waals surface area contributed by atoms with E-state index in [1.165, 1.54) is 4.70 Å². The summed E-state index contributed by atoms with van der Waals surface area (Å²) in [5.41, 5.74) is 7.43. The smallest absolute Gasteiger partial charge is 0.0961 e. The Balaban J connectivity index is 2.32. The molecule has 1 aromatic heterocycles. The van der Waals surface area contributed by atoms with Gasteiger partial charge in [-0.25, -0.2) is 4.98 Å². The molecule has 3 nitrogen and oxygen atoms in total. The van der Waals surface area contributed by atoms with E-state index in [0.29, 0.717) is 0 Å². The number of rotatable bonds is 3. The molecule has 0 bridgehead atoms. The maximum atomic E-state index is 5.67. The number of thiazole rings is 1. The summed E-state index contributed by atoms with van der Waals surface area (Å²) < 4.78 is 6.19. The first-order chi connectivity index (χ1) is 6.79. The molecule has 0 saturated carbocycles. The molecule has 0 unspecified atom stereocenters. The van der Waals surface area contributed by atoms with Gasteiger partial charge in [0.25, 0.3) is 0 Å². The van der Waals surface area contributed by atoms with Crippen LogP contribution in [0.15, 0.2) is 18.2 Å². The molecule has 0 saturated heterocycles. The molecule has 1 aromatic carbocycles. The molecule has 0 aliphatic heterocycles. The summed E-state index contributed by atoms with van der Waals surface area (Å²) in [6, 6.07) is 5.82. The van der Waals surface area contributed by atoms with Crippen LogP contribution in [0.3, 0.4) is 0 Å². The molecule has 0 aliphatic carbocycles. The van der Waals surface area contributed by atoms with Crippen molar-refractivity contribution < 1.29 is 4.74 Å². The van der Waals surface area contributed by atoms with E-state index >= 15 is 0 Å². The van der Waals surface area contributed by atoms with Crippen LogP contribution >= 0.6 is 11.3 Å². The van der Waals surface area contributed by atoms with Gasteiger partial charge in [0.05, 0.1) is 21.8 Å². The van der Waals surface area contributed by atoms with E-state index in [1.54, 1.807) is 18.4 Å². The molecule has 0 atom stereocenters. The minimum absolute atomic E-state index is 0.718. The van der Waals surface area contributed by atoms with Crippen LogP contribution in [0.1, 0.15) is 5.01 Å². The zero-order valence-corrected chi connectivity index (χ0v) is 8.80. The second-order valence-electron chi connectivity index (χ2n) is 3.08. The summed E-state index contributed by atoms with van der Waals surface area (Å²) in [6.45, 7) is 0.718. The summed E-state index contributed by atoms with van der Waals surface area (Å²) in [6.07, 6.45) is 0.871. The van der Waals surface area contributed by atoms with E-state index in [0.717, 1.165) is 29.2 Å². The van der Waals surface area contributed by atoms with Gasteiger partial charge >= 0.3 is 0 Å². The summed E-state index contributed by atoms with van der Waals surface area (Å²) in [5, 5.41) is 1.10. The van der Waals surface area contributed by atoms with E-state index in [1.807, 2.05) is 18.2 Å². The van der Waals surface area contributed by atoms with Gasteiger partial charge < -0.3 is 10.5 Å². The highest BCUT2D eigenvalue weighted by atomic mass is 32.1. The Hall–Kier alpha value is -1.13. The Morgan fingerprint density at radius 2 is 2.36 bits per heavy atom. The number of nitrogens with two attached hydrogens (primary N) is 1. The van der Waals surface area contributed by atoms with Gasteiger partial charge in [-0.2, -0.15) is 0 Å². The molecular formula is C10H12N2OS. The van der Waals surface area contributed by atoms with Crippen LogP contribution in [0.2, 0.25) is 0 Å². The third-order valence-electron chi connectivity index (χ3n) is 1.98. The van der Waals surface area contributed by atoms with Gasteiger partial charge in [-0.05, 0) is 18.2 Å². The number of ether oxygens (including phenoxy) is 1. The van der Waals surface area contributed by atoms with Crippen molar-refractivity contribution in [3.05, 3.63) is 23.2 Å². The first kappa shape index (κ1) is 9.43. The maximum absolute atomic E-state index is 5.67. The Bertz CT molecular complexity index is 439. The lowest BCUT2D eigenvalue weighted by Crippen LogP contribution is -1.92. The van der Waals surface area contributed by atoms with Crippen LogP contribution < -0.4 is 5.73 Å². The minimum atomic E-state index is 0.718. The Morgan fingerprint density at radius 1 is 1.50 bits per heavy atom. The normalized spacial score (nSPS) is 10.9. The van der Waals surface area contributed by atoms with E-state index in [2.05, 4.69) is 4.98 Å². The number of nitrogen functional groups attached to an aromatic ring is 1. The van der Waals surface area contributed by atoms with Gasteiger partial charge in [-0.3, -0.25) is 0 Å². The summed E-state index contributed by atoms with van der Waals surface area (Å²) >= 11 is 1.70. The summed E-state index contributed by atoms with van der Waals surface area (Å²) in [4.78, 5) is 4.47. The fraction of sp³-hybridized carbons (Fsp3) is 0.300. The number of nitrogens with zero attached hydrogens (tertiary/aromatic N) is 1. The van der Waals surface area contributed by atoms with Crippen molar-refractivity contribution in [2.45, 2.75) is 6.42 Å². The lowest BCUT2D eigenvalue weighted by molar-refractivity contribution is 0.202. The van der Waals surface area contributed by atoms with Crippen molar-refractivity contribution >= 4 is 27.2 Å². The summed E-state index contributed by atoms with van der Waals surface area (Å²) in [7, 11) is 1.70. The van der Waals surface area contributed by atoms with Gasteiger partial charge in [0.1, 0.15) is 0 Å². The molecule has 0 radical (unpaired) electrons. The van der Waals surface area contributed by atoms with Crippen molar-refractivity contribution in [1.29, 1.82) is 0 Å². The average molecular weight is 208 g/mol. The molecule has 2 rings (SSSR count). The number of methoxy groups -OCH3 is 1. The lowest BCUT2D eigenvalue weighted by Gasteiger charge is -1.91. The van der Waals surface area contributed by atoms with Gasteiger partial charge in [0.2, 0.25) is 0 Å². The van der Waals surface area contributed by atoms with Crippen LogP contribution in [0.25, 0.3) is 10.2 Å². The molecule has 1 heterocycles. The fourth-order valence-corrected chi connectivity index (χ4v) is 2.22. The van der Waals surface area contributed by atoms with Crippen molar-refractivity contribution in [2.75, 3.05) is 19.5 Å². The number of hydrogen-bond donors (Lipinski definition) is 1. The third-order valence-corrected chi connectivity index (χ3v) is 3.07. The van der Waals surface area contributed by atoms with Crippen molar-refractivity contribution in [1.82, 2.24) is 4.98 Å². The second kappa shape index (κ2) is 3.94. The van der Waals surface area contributed by atoms with Crippen LogP contribution in [-0.2, 0) is 11.2 Å². The van der Waals surface area contributed by atoms with Crippen molar-refractivity contribution in [3.8, 4) is 0 Å². The topological polar surface area (TPSA) is 48.1 Å². The Labute approximate surface area is 86.5 Å². The van der Waals surface area contributed by atoms with Crippen molar-refractivity contribution in [3.63, 3.8) is 0 Å². The molecule has 2 aromatic rings. The van der Waals surface area contributed by atoms with E-state index < -0.39 is 0 Å². The monoisotopic (exact) mass is 208 g/mol. The van der Waals surface area contributed by atoms with Gasteiger partial charge in [-0.1, -0.05) is 0 Å². The molecule has 0 amide bonds. The number of hydrogen-bond acceptors (Lipinski definition) is 4. The highest BCUT2D eigenvalue weighted by molar-refractivity contribution is 7.18. The van der Waals surface area contributed by atoms with Crippen LogP contribution in [0.5, 0.6) is 0 Å². The lowest BCUT2D eigenvalue weighted by atomic mass is 10.3. The Kier molecular flexibility index (Phi) is 2.65. The Morgan fingerprint density at radius 3 is 3.14 bits per heavy atom. The number of fused-ring (bicyclic) bond motifs is 1. The molecular weight excluding hydrogens is 196 g/mol. The maximum Gasteiger partial charge on any atom is 0.0961 e. The van der Waals surface area contributed by atoms with E-state index in [9.17, 15) is 0 Å². The highest BCUT2D eigenvalue weighted by Gasteiger charge is 2.03. The minimum Gasteiger partial charge on any atom is -0.399 e. The first-order valence-electron chi connectivity index (χ1n) is 4.43. The zero-order chi connectivity index (χ0) is 9.97. The molecule has 4 heteroatoms. The predicted molar refractivity (Wildman–Crippen MR) is 59.6 cm³/mol. The fourth-order valence-electron chi connectivity index (χ4n) is 1.29. The zero-order valence-electron chi connectivity index (χ0n) is 7.99. The third kappa shape index (κ3) is 1.86. The van der Waals surface area contributed by atoms with E-state index in [4.69, 9.17) is 10.5 Å². The average Bonchev–Trinajstić information content (AvgIpc) is 2.56. The molecule has 14 heavy (non-hydrogen) atoms. The van der Waals surface area contributed by atoms with E-state index in [-0.39, 0.29) is 0 Å². The predicted octanol–water partition coefficient (Wildman–Crippen LogP) is 2.07. The molecule has 0 fully saturated rings. The molecule has 74 valence electrons.